The summed E-state index contributed by atoms with van der Waals surface area (Å²) < 4.78 is 11.6. The van der Waals surface area contributed by atoms with Gasteiger partial charge in [0.25, 0.3) is 0 Å². The van der Waals surface area contributed by atoms with Crippen LogP contribution < -0.4 is 9.47 Å². The highest BCUT2D eigenvalue weighted by Crippen LogP contribution is 2.23. The third kappa shape index (κ3) is 13.6. The molecule has 0 atom stereocenters. The van der Waals surface area contributed by atoms with Crippen LogP contribution in [0, 0.1) is 0 Å². The van der Waals surface area contributed by atoms with Gasteiger partial charge in [0.05, 0.1) is 37.8 Å². The minimum Gasteiger partial charge on any atom is -0.494 e. The summed E-state index contributed by atoms with van der Waals surface area (Å²) in [4.78, 5) is 2.09. The molecule has 0 saturated heterocycles. The maximum Gasteiger partial charge on any atom is 0.119 e. The van der Waals surface area contributed by atoms with Crippen LogP contribution in [0.15, 0.2) is 58.8 Å². The van der Waals surface area contributed by atoms with Crippen LogP contribution in [0.5, 0.6) is 11.5 Å². The first-order valence-electron chi connectivity index (χ1n) is 13.6. The molecule has 0 bridgehead atoms. The average Bonchev–Trinajstić information content (AvgIpc) is 2.90. The van der Waals surface area contributed by atoms with Crippen molar-refractivity contribution in [2.24, 2.45) is 10.2 Å². The molecular weight excluding hydrogens is 454 g/mol. The number of hydrogen-bond acceptors (Lipinski definition) is 7. The number of benzene rings is 2. The highest BCUT2D eigenvalue weighted by atomic mass is 16.5. The molecule has 0 spiro atoms. The Labute approximate surface area is 217 Å². The minimum absolute atomic E-state index is 0.135. The summed E-state index contributed by atoms with van der Waals surface area (Å²) >= 11 is 0. The van der Waals surface area contributed by atoms with Gasteiger partial charge in [-0.1, -0.05) is 45.4 Å². The van der Waals surface area contributed by atoms with E-state index in [1.54, 1.807) is 0 Å². The van der Waals surface area contributed by atoms with Crippen molar-refractivity contribution < 1.29 is 19.7 Å². The maximum absolute atomic E-state index is 9.05. The van der Waals surface area contributed by atoms with Crippen LogP contribution in [0.4, 0.5) is 11.4 Å². The molecular formula is C29H45N3O4. The van der Waals surface area contributed by atoms with Gasteiger partial charge in [-0.2, -0.15) is 10.2 Å². The Morgan fingerprint density at radius 3 is 1.47 bits per heavy atom. The first-order chi connectivity index (χ1) is 17.7. The van der Waals surface area contributed by atoms with Crippen LogP contribution in [-0.4, -0.2) is 61.2 Å². The highest BCUT2D eigenvalue weighted by molar-refractivity contribution is 5.44. The lowest BCUT2D eigenvalue weighted by Gasteiger charge is -2.19. The van der Waals surface area contributed by atoms with Crippen molar-refractivity contribution in [2.75, 3.05) is 46.1 Å². The van der Waals surface area contributed by atoms with Crippen LogP contribution in [0.3, 0.4) is 0 Å². The molecule has 0 unspecified atom stereocenters. The fraction of sp³-hybridized carbons (Fsp3) is 0.586. The van der Waals surface area contributed by atoms with E-state index in [-0.39, 0.29) is 13.2 Å². The molecule has 0 amide bonds. The molecule has 0 aliphatic rings. The highest BCUT2D eigenvalue weighted by Gasteiger charge is 2.03. The quantitative estimate of drug-likeness (QED) is 0.148. The van der Waals surface area contributed by atoms with Gasteiger partial charge in [-0.3, -0.25) is 4.90 Å². The van der Waals surface area contributed by atoms with Crippen LogP contribution >= 0.6 is 0 Å². The zero-order chi connectivity index (χ0) is 25.7. The second-order valence-corrected chi connectivity index (χ2v) is 9.00. The van der Waals surface area contributed by atoms with Gasteiger partial charge in [-0.05, 0) is 74.3 Å². The van der Waals surface area contributed by atoms with Crippen molar-refractivity contribution in [1.29, 1.82) is 0 Å². The third-order valence-electron chi connectivity index (χ3n) is 5.94. The number of hydrogen-bond donors (Lipinski definition) is 2. The van der Waals surface area contributed by atoms with Crippen LogP contribution in [-0.2, 0) is 0 Å². The second kappa shape index (κ2) is 19.7. The summed E-state index contributed by atoms with van der Waals surface area (Å²) in [6.07, 6.45) is 10.4. The van der Waals surface area contributed by atoms with E-state index in [2.05, 4.69) is 22.1 Å². The molecule has 0 aromatic heterocycles. The van der Waals surface area contributed by atoms with Crippen LogP contribution in [0.25, 0.3) is 0 Å². The maximum atomic E-state index is 9.05. The van der Waals surface area contributed by atoms with Gasteiger partial charge in [0.15, 0.2) is 0 Å². The molecule has 0 aliphatic carbocycles. The lowest BCUT2D eigenvalue weighted by atomic mass is 10.2. The smallest absolute Gasteiger partial charge is 0.119 e. The van der Waals surface area contributed by atoms with Crippen molar-refractivity contribution in [3.8, 4) is 11.5 Å². The van der Waals surface area contributed by atoms with Gasteiger partial charge < -0.3 is 19.7 Å². The Bertz CT molecular complexity index is 806. The zero-order valence-corrected chi connectivity index (χ0v) is 22.0. The van der Waals surface area contributed by atoms with E-state index in [1.165, 1.54) is 25.7 Å². The summed E-state index contributed by atoms with van der Waals surface area (Å²) in [5.41, 5.74) is 1.58. The Morgan fingerprint density at radius 1 is 0.583 bits per heavy atom. The Hall–Kier alpha value is -2.48. The molecule has 0 saturated carbocycles. The molecule has 2 N–H and O–H groups in total. The molecule has 7 heteroatoms. The van der Waals surface area contributed by atoms with Gasteiger partial charge >= 0.3 is 0 Å². The SMILES string of the molecule is CCCCCCCOc1ccc(N=Nc2ccc(OCCCCCCN(CCO)CCO)cc2)cc1. The molecule has 7 nitrogen and oxygen atoms in total. The summed E-state index contributed by atoms with van der Waals surface area (Å²) in [7, 11) is 0. The molecule has 0 heterocycles. The van der Waals surface area contributed by atoms with Crippen molar-refractivity contribution in [1.82, 2.24) is 4.90 Å². The average molecular weight is 500 g/mol. The predicted molar refractivity (Wildman–Crippen MR) is 146 cm³/mol. The van der Waals surface area contributed by atoms with E-state index in [0.29, 0.717) is 19.7 Å². The standard InChI is InChI=1S/C29H45N3O4/c1-2-3-4-6-9-24-35-28-15-11-26(12-16-28)30-31-27-13-17-29(18-14-27)36-25-10-7-5-8-19-32(20-22-33)21-23-34/h11-18,33-34H,2-10,19-25H2,1H3. The van der Waals surface area contributed by atoms with E-state index in [1.807, 2.05) is 48.5 Å². The van der Waals surface area contributed by atoms with Crippen LogP contribution in [0.2, 0.25) is 0 Å². The van der Waals surface area contributed by atoms with Crippen LogP contribution in [0.1, 0.15) is 64.7 Å². The number of azo groups is 1. The number of rotatable bonds is 21. The minimum atomic E-state index is 0.135. The number of ether oxygens (including phenoxy) is 2. The molecule has 0 radical (unpaired) electrons. The lowest BCUT2D eigenvalue weighted by Crippen LogP contribution is -2.30. The van der Waals surface area contributed by atoms with E-state index < -0.39 is 0 Å². The number of nitrogens with zero attached hydrogens (tertiary/aromatic N) is 3. The van der Waals surface area contributed by atoms with Gasteiger partial charge in [-0.25, -0.2) is 0 Å². The first-order valence-corrected chi connectivity index (χ1v) is 13.6. The van der Waals surface area contributed by atoms with Gasteiger partial charge in [0, 0.05) is 13.1 Å². The number of unbranched alkanes of at least 4 members (excludes halogenated alkanes) is 7. The monoisotopic (exact) mass is 499 g/mol. The Morgan fingerprint density at radius 2 is 1.03 bits per heavy atom. The molecule has 200 valence electrons. The summed E-state index contributed by atoms with van der Waals surface area (Å²) in [5, 5.41) is 26.7. The van der Waals surface area contributed by atoms with Gasteiger partial charge in [-0.15, -0.1) is 0 Å². The molecule has 2 aromatic carbocycles. The van der Waals surface area contributed by atoms with Crippen molar-refractivity contribution in [2.45, 2.75) is 64.7 Å². The molecule has 36 heavy (non-hydrogen) atoms. The fourth-order valence-electron chi connectivity index (χ4n) is 3.83. The van der Waals surface area contributed by atoms with E-state index in [0.717, 1.165) is 68.1 Å². The molecule has 0 fully saturated rings. The van der Waals surface area contributed by atoms with Crippen molar-refractivity contribution in [3.05, 3.63) is 48.5 Å². The summed E-state index contributed by atoms with van der Waals surface area (Å²) in [6.45, 7) is 6.10. The summed E-state index contributed by atoms with van der Waals surface area (Å²) in [5.74, 6) is 1.71. The fourth-order valence-corrected chi connectivity index (χ4v) is 3.83. The second-order valence-electron chi connectivity index (χ2n) is 9.00. The topological polar surface area (TPSA) is 86.9 Å². The van der Waals surface area contributed by atoms with Crippen molar-refractivity contribution >= 4 is 11.4 Å². The van der Waals surface area contributed by atoms with Gasteiger partial charge in [0.1, 0.15) is 11.5 Å². The Balaban J connectivity index is 1.60. The summed E-state index contributed by atoms with van der Waals surface area (Å²) in [6, 6.07) is 15.4. The van der Waals surface area contributed by atoms with E-state index in [4.69, 9.17) is 19.7 Å². The lowest BCUT2D eigenvalue weighted by molar-refractivity contribution is 0.159. The molecule has 0 aliphatic heterocycles. The van der Waals surface area contributed by atoms with Crippen molar-refractivity contribution in [3.63, 3.8) is 0 Å². The first kappa shape index (κ1) is 29.7. The van der Waals surface area contributed by atoms with E-state index >= 15 is 0 Å². The third-order valence-corrected chi connectivity index (χ3v) is 5.94. The number of aliphatic hydroxyl groups excluding tert-OH is 2. The normalized spacial score (nSPS) is 11.4. The Kier molecular flexibility index (Phi) is 16.3. The van der Waals surface area contributed by atoms with E-state index in [9.17, 15) is 0 Å². The zero-order valence-electron chi connectivity index (χ0n) is 22.0. The molecule has 2 rings (SSSR count). The largest absolute Gasteiger partial charge is 0.494 e. The molecule has 2 aromatic rings. The number of aliphatic hydroxyl groups is 2. The predicted octanol–water partition coefficient (Wildman–Crippen LogP) is 6.68. The van der Waals surface area contributed by atoms with Gasteiger partial charge in [0.2, 0.25) is 0 Å².